The molecule has 22 heavy (non-hydrogen) atoms. The molecule has 5 nitrogen and oxygen atoms in total. The first-order chi connectivity index (χ1) is 10.7. The molecule has 1 aliphatic heterocycles. The lowest BCUT2D eigenvalue weighted by Gasteiger charge is -2.10. The maximum absolute atomic E-state index is 10.9. The molecular formula is C17H16N2O3. The Labute approximate surface area is 128 Å². The van der Waals surface area contributed by atoms with Gasteiger partial charge >= 0.3 is 5.97 Å². The molecule has 0 fully saturated rings. The third kappa shape index (κ3) is 2.79. The zero-order valence-electron chi connectivity index (χ0n) is 12.1. The van der Waals surface area contributed by atoms with Gasteiger partial charge in [-0.25, -0.2) is 4.79 Å². The van der Waals surface area contributed by atoms with Gasteiger partial charge in [0.2, 0.25) is 0 Å². The molecule has 0 bridgehead atoms. The van der Waals surface area contributed by atoms with E-state index in [0.717, 1.165) is 29.0 Å². The minimum Gasteiger partial charge on any atom is -0.497 e. The molecule has 0 saturated carbocycles. The first kappa shape index (κ1) is 14.1. The maximum atomic E-state index is 10.9. The molecule has 2 aromatic carbocycles. The summed E-state index contributed by atoms with van der Waals surface area (Å²) in [6, 6.07) is 14.7. The van der Waals surface area contributed by atoms with Crippen LogP contribution in [0.4, 0.5) is 0 Å². The molecule has 1 heterocycles. The largest absolute Gasteiger partial charge is 0.497 e. The molecule has 0 amide bonds. The fourth-order valence-corrected chi connectivity index (χ4v) is 2.46. The van der Waals surface area contributed by atoms with Gasteiger partial charge in [0.1, 0.15) is 5.75 Å². The third-order valence-corrected chi connectivity index (χ3v) is 3.74. The van der Waals surface area contributed by atoms with Crippen LogP contribution < -0.4 is 10.2 Å². The number of nitrogens with one attached hydrogen (secondary N) is 1. The van der Waals surface area contributed by atoms with E-state index in [1.165, 1.54) is 0 Å². The van der Waals surface area contributed by atoms with Crippen LogP contribution in [-0.2, 0) is 0 Å². The highest BCUT2D eigenvalue weighted by atomic mass is 16.5. The molecular weight excluding hydrogens is 280 g/mol. The SMILES string of the molecule is COc1ccc(C2=NN[C@@H](c3ccc(C(=O)O)cc3)C2)cc1. The van der Waals surface area contributed by atoms with Gasteiger partial charge in [0.15, 0.2) is 0 Å². The molecule has 0 unspecified atom stereocenters. The summed E-state index contributed by atoms with van der Waals surface area (Å²) in [5, 5.41) is 13.3. The highest BCUT2D eigenvalue weighted by molar-refractivity contribution is 6.01. The van der Waals surface area contributed by atoms with Gasteiger partial charge in [-0.2, -0.15) is 5.10 Å². The third-order valence-electron chi connectivity index (χ3n) is 3.74. The van der Waals surface area contributed by atoms with Crippen molar-refractivity contribution in [3.8, 4) is 5.75 Å². The molecule has 0 radical (unpaired) electrons. The van der Waals surface area contributed by atoms with Crippen LogP contribution in [0, 0.1) is 0 Å². The van der Waals surface area contributed by atoms with E-state index in [-0.39, 0.29) is 11.6 Å². The van der Waals surface area contributed by atoms with Crippen molar-refractivity contribution in [3.63, 3.8) is 0 Å². The van der Waals surface area contributed by atoms with Crippen molar-refractivity contribution in [1.29, 1.82) is 0 Å². The van der Waals surface area contributed by atoms with Gasteiger partial charge in [-0.1, -0.05) is 12.1 Å². The highest BCUT2D eigenvalue weighted by Gasteiger charge is 2.21. The molecule has 5 heteroatoms. The number of hydrogen-bond acceptors (Lipinski definition) is 4. The number of ether oxygens (including phenoxy) is 1. The van der Waals surface area contributed by atoms with E-state index < -0.39 is 5.97 Å². The van der Waals surface area contributed by atoms with Crippen molar-refractivity contribution in [1.82, 2.24) is 5.43 Å². The number of carboxylic acid groups (broad SMARTS) is 1. The van der Waals surface area contributed by atoms with Crippen LogP contribution in [0.1, 0.15) is 33.9 Å². The van der Waals surface area contributed by atoms with E-state index in [2.05, 4.69) is 10.5 Å². The molecule has 0 spiro atoms. The number of carboxylic acids is 1. The maximum Gasteiger partial charge on any atom is 0.335 e. The van der Waals surface area contributed by atoms with Crippen molar-refractivity contribution < 1.29 is 14.6 Å². The van der Waals surface area contributed by atoms with Crippen molar-refractivity contribution in [3.05, 3.63) is 65.2 Å². The highest BCUT2D eigenvalue weighted by Crippen LogP contribution is 2.25. The Morgan fingerprint density at radius 1 is 1.18 bits per heavy atom. The number of methoxy groups -OCH3 is 1. The van der Waals surface area contributed by atoms with Crippen LogP contribution in [0.25, 0.3) is 0 Å². The lowest BCUT2D eigenvalue weighted by Crippen LogP contribution is -2.10. The second kappa shape index (κ2) is 5.89. The standard InChI is InChI=1S/C17H16N2O3/c1-22-14-8-6-12(7-9-14)16-10-15(18-19-16)11-2-4-13(5-3-11)17(20)21/h2-9,15,18H,10H2,1H3,(H,20,21)/t15-/m1/s1. The second-order valence-electron chi connectivity index (χ2n) is 5.10. The van der Waals surface area contributed by atoms with Crippen LogP contribution in [0.2, 0.25) is 0 Å². The number of rotatable bonds is 4. The first-order valence-corrected chi connectivity index (χ1v) is 6.97. The molecule has 112 valence electrons. The lowest BCUT2D eigenvalue weighted by molar-refractivity contribution is 0.0697. The summed E-state index contributed by atoms with van der Waals surface area (Å²) >= 11 is 0. The normalized spacial score (nSPS) is 16.8. The fraction of sp³-hybridized carbons (Fsp3) is 0.176. The van der Waals surface area contributed by atoms with Gasteiger partial charge in [-0.05, 0) is 47.5 Å². The molecule has 0 aliphatic carbocycles. The summed E-state index contributed by atoms with van der Waals surface area (Å²) in [6.45, 7) is 0. The Morgan fingerprint density at radius 3 is 2.45 bits per heavy atom. The van der Waals surface area contributed by atoms with Gasteiger partial charge in [0.05, 0.1) is 24.4 Å². The van der Waals surface area contributed by atoms with Crippen molar-refractivity contribution in [2.75, 3.05) is 7.11 Å². The van der Waals surface area contributed by atoms with Crippen LogP contribution in [0.5, 0.6) is 5.75 Å². The average Bonchev–Trinajstić information content (AvgIpc) is 3.05. The van der Waals surface area contributed by atoms with Gasteiger partial charge < -0.3 is 15.3 Å². The summed E-state index contributed by atoms with van der Waals surface area (Å²) < 4.78 is 5.15. The average molecular weight is 296 g/mol. The predicted molar refractivity (Wildman–Crippen MR) is 83.4 cm³/mol. The molecule has 0 aromatic heterocycles. The topological polar surface area (TPSA) is 70.9 Å². The van der Waals surface area contributed by atoms with Gasteiger partial charge in [-0.3, -0.25) is 0 Å². The Morgan fingerprint density at radius 2 is 1.86 bits per heavy atom. The van der Waals surface area contributed by atoms with Gasteiger partial charge in [0.25, 0.3) is 0 Å². The van der Waals surface area contributed by atoms with Gasteiger partial charge in [-0.15, -0.1) is 0 Å². The Kier molecular flexibility index (Phi) is 3.78. The van der Waals surface area contributed by atoms with E-state index in [1.807, 2.05) is 36.4 Å². The number of hydrogen-bond donors (Lipinski definition) is 2. The smallest absolute Gasteiger partial charge is 0.335 e. The zero-order chi connectivity index (χ0) is 15.5. The Bertz CT molecular complexity index is 706. The number of hydrazone groups is 1. The van der Waals surface area contributed by atoms with Gasteiger partial charge in [0, 0.05) is 6.42 Å². The van der Waals surface area contributed by atoms with Crippen molar-refractivity contribution in [2.45, 2.75) is 12.5 Å². The summed E-state index contributed by atoms with van der Waals surface area (Å²) in [7, 11) is 1.64. The molecule has 3 rings (SSSR count). The van der Waals surface area contributed by atoms with E-state index in [1.54, 1.807) is 19.2 Å². The fourth-order valence-electron chi connectivity index (χ4n) is 2.46. The summed E-state index contributed by atoms with van der Waals surface area (Å²) in [4.78, 5) is 10.9. The molecule has 0 saturated heterocycles. The van der Waals surface area contributed by atoms with Crippen LogP contribution >= 0.6 is 0 Å². The summed E-state index contributed by atoms with van der Waals surface area (Å²) in [6.07, 6.45) is 0.763. The summed E-state index contributed by atoms with van der Waals surface area (Å²) in [5.74, 6) is -0.0998. The second-order valence-corrected chi connectivity index (χ2v) is 5.10. The van der Waals surface area contributed by atoms with Crippen molar-refractivity contribution >= 4 is 11.7 Å². The molecule has 1 atom stereocenters. The van der Waals surface area contributed by atoms with Crippen molar-refractivity contribution in [2.24, 2.45) is 5.10 Å². The molecule has 1 aliphatic rings. The Balaban J connectivity index is 1.71. The zero-order valence-corrected chi connectivity index (χ0v) is 12.1. The van der Waals surface area contributed by atoms with Crippen LogP contribution in [0.15, 0.2) is 53.6 Å². The number of benzene rings is 2. The predicted octanol–water partition coefficient (Wildman–Crippen LogP) is 2.83. The quantitative estimate of drug-likeness (QED) is 0.910. The van der Waals surface area contributed by atoms with E-state index in [4.69, 9.17) is 9.84 Å². The number of aromatic carboxylic acids is 1. The number of carbonyl (C=O) groups is 1. The van der Waals surface area contributed by atoms with E-state index >= 15 is 0 Å². The first-order valence-electron chi connectivity index (χ1n) is 6.97. The monoisotopic (exact) mass is 296 g/mol. The molecule has 2 aromatic rings. The Hall–Kier alpha value is -2.82. The van der Waals surface area contributed by atoms with E-state index in [0.29, 0.717) is 0 Å². The van der Waals surface area contributed by atoms with E-state index in [9.17, 15) is 4.79 Å². The minimum atomic E-state index is -0.916. The lowest BCUT2D eigenvalue weighted by atomic mass is 9.98. The summed E-state index contributed by atoms with van der Waals surface area (Å²) in [5.41, 5.74) is 6.46. The van der Waals surface area contributed by atoms with Crippen LogP contribution in [-0.4, -0.2) is 23.9 Å². The number of nitrogens with zero attached hydrogens (tertiary/aromatic N) is 1. The minimum absolute atomic E-state index is 0.0694. The molecule has 2 N–H and O–H groups in total. The van der Waals surface area contributed by atoms with Crippen LogP contribution in [0.3, 0.4) is 0 Å².